The minimum atomic E-state index is -0.478. The fraction of sp³-hybridized carbons (Fsp3) is 0.438. The monoisotopic (exact) mass is 334 g/mol. The number of nitrogens with zero attached hydrogens (tertiary/aromatic N) is 2. The summed E-state index contributed by atoms with van der Waals surface area (Å²) in [5, 5.41) is 5.25. The van der Waals surface area contributed by atoms with Crippen LogP contribution in [0.25, 0.3) is 0 Å². The summed E-state index contributed by atoms with van der Waals surface area (Å²) >= 11 is 0. The van der Waals surface area contributed by atoms with Gasteiger partial charge in [-0.05, 0) is 25.0 Å². The first kappa shape index (κ1) is 16.2. The van der Waals surface area contributed by atoms with Crippen molar-refractivity contribution in [2.45, 2.75) is 18.9 Å². The van der Waals surface area contributed by atoms with E-state index >= 15 is 0 Å². The van der Waals surface area contributed by atoms with E-state index < -0.39 is 17.8 Å². The van der Waals surface area contributed by atoms with Gasteiger partial charge in [0, 0.05) is 19.1 Å². The number of amides is 4. The number of carbonyl (C=O) groups is 3. The summed E-state index contributed by atoms with van der Waals surface area (Å²) in [5.74, 6) is -1.12. The zero-order valence-electron chi connectivity index (χ0n) is 13.1. The lowest BCUT2D eigenvalue weighted by molar-refractivity contribution is -0.126. The number of nitrogens with one attached hydrogen (secondary N) is 2. The predicted octanol–water partition coefficient (Wildman–Crippen LogP) is 0.462. The average molecular weight is 334 g/mol. The third-order valence-electron chi connectivity index (χ3n) is 3.96. The summed E-state index contributed by atoms with van der Waals surface area (Å²) in [6.45, 7) is 0.388. The molecule has 1 aliphatic carbocycles. The first-order valence-corrected chi connectivity index (χ1v) is 7.91. The second kappa shape index (κ2) is 6.86. The van der Waals surface area contributed by atoms with Crippen LogP contribution in [0.4, 0.5) is 14.9 Å². The Bertz CT molecular complexity index is 662. The minimum absolute atomic E-state index is 0.103. The van der Waals surface area contributed by atoms with Gasteiger partial charge in [0.15, 0.2) is 0 Å². The van der Waals surface area contributed by atoms with Gasteiger partial charge in [0.2, 0.25) is 11.8 Å². The van der Waals surface area contributed by atoms with Gasteiger partial charge in [-0.3, -0.25) is 14.5 Å². The zero-order chi connectivity index (χ0) is 17.1. The molecule has 0 unspecified atom stereocenters. The molecule has 24 heavy (non-hydrogen) atoms. The van der Waals surface area contributed by atoms with Crippen molar-refractivity contribution in [1.82, 2.24) is 15.5 Å². The summed E-state index contributed by atoms with van der Waals surface area (Å²) in [6, 6.07) is 5.84. The molecule has 2 aliphatic rings. The van der Waals surface area contributed by atoms with Crippen molar-refractivity contribution < 1.29 is 18.8 Å². The highest BCUT2D eigenvalue weighted by molar-refractivity contribution is 5.97. The molecule has 0 radical (unpaired) electrons. The lowest BCUT2D eigenvalue weighted by Crippen LogP contribution is -2.43. The standard InChI is InChI=1S/C16H19FN4O3/c17-12-3-1-2-4-13(12)21-8-7-20(16(21)24)10-15(23)18-9-14(22)19-11-5-6-11/h1-4,11H,5-10H2,(H,18,23)(H,19,22). The molecular weight excluding hydrogens is 315 g/mol. The van der Waals surface area contributed by atoms with E-state index in [1.807, 2.05) is 0 Å². The van der Waals surface area contributed by atoms with Crippen molar-refractivity contribution in [1.29, 1.82) is 0 Å². The van der Waals surface area contributed by atoms with Gasteiger partial charge < -0.3 is 15.5 Å². The highest BCUT2D eigenvalue weighted by Crippen LogP contribution is 2.23. The van der Waals surface area contributed by atoms with Gasteiger partial charge in [-0.15, -0.1) is 0 Å². The van der Waals surface area contributed by atoms with Crippen LogP contribution >= 0.6 is 0 Å². The first-order chi connectivity index (χ1) is 11.5. The molecule has 7 nitrogen and oxygen atoms in total. The van der Waals surface area contributed by atoms with E-state index in [2.05, 4.69) is 10.6 Å². The van der Waals surface area contributed by atoms with E-state index in [-0.39, 0.29) is 30.7 Å². The predicted molar refractivity (Wildman–Crippen MR) is 84.9 cm³/mol. The molecule has 2 fully saturated rings. The van der Waals surface area contributed by atoms with Crippen molar-refractivity contribution in [2.75, 3.05) is 31.1 Å². The SMILES string of the molecule is O=C(CN1CCN(c2ccccc2F)C1=O)NCC(=O)NC1CC1. The maximum atomic E-state index is 13.8. The molecular formula is C16H19FN4O3. The zero-order valence-corrected chi connectivity index (χ0v) is 13.1. The van der Waals surface area contributed by atoms with Crippen LogP contribution in [0.3, 0.4) is 0 Å². The fourth-order valence-corrected chi connectivity index (χ4v) is 2.54. The van der Waals surface area contributed by atoms with Crippen LogP contribution in [-0.4, -0.2) is 55.0 Å². The summed E-state index contributed by atoms with van der Waals surface area (Å²) in [4.78, 5) is 38.4. The molecule has 1 aliphatic heterocycles. The molecule has 4 amide bonds. The van der Waals surface area contributed by atoms with Gasteiger partial charge in [-0.2, -0.15) is 0 Å². The Morgan fingerprint density at radius 3 is 2.62 bits per heavy atom. The number of benzene rings is 1. The van der Waals surface area contributed by atoms with E-state index in [1.54, 1.807) is 12.1 Å². The van der Waals surface area contributed by atoms with Crippen molar-refractivity contribution in [3.8, 4) is 0 Å². The second-order valence-corrected chi connectivity index (χ2v) is 5.93. The quantitative estimate of drug-likeness (QED) is 0.793. The second-order valence-electron chi connectivity index (χ2n) is 5.93. The molecule has 1 saturated heterocycles. The molecule has 0 atom stereocenters. The molecule has 8 heteroatoms. The minimum Gasteiger partial charge on any atom is -0.352 e. The molecule has 0 aromatic heterocycles. The molecule has 128 valence electrons. The third-order valence-corrected chi connectivity index (χ3v) is 3.96. The summed E-state index contributed by atoms with van der Waals surface area (Å²) < 4.78 is 13.8. The Labute approximate surface area is 138 Å². The number of hydrogen-bond acceptors (Lipinski definition) is 3. The number of carbonyl (C=O) groups excluding carboxylic acids is 3. The Balaban J connectivity index is 1.49. The smallest absolute Gasteiger partial charge is 0.325 e. The van der Waals surface area contributed by atoms with Gasteiger partial charge in [0.1, 0.15) is 12.4 Å². The van der Waals surface area contributed by atoms with Crippen molar-refractivity contribution in [3.63, 3.8) is 0 Å². The third kappa shape index (κ3) is 3.81. The first-order valence-electron chi connectivity index (χ1n) is 7.91. The van der Waals surface area contributed by atoms with Crippen LogP contribution < -0.4 is 15.5 Å². The Morgan fingerprint density at radius 2 is 1.92 bits per heavy atom. The van der Waals surface area contributed by atoms with Gasteiger partial charge >= 0.3 is 6.03 Å². The van der Waals surface area contributed by atoms with Gasteiger partial charge in [0.25, 0.3) is 0 Å². The maximum Gasteiger partial charge on any atom is 0.325 e. The fourth-order valence-electron chi connectivity index (χ4n) is 2.54. The summed E-state index contributed by atoms with van der Waals surface area (Å²) in [5.41, 5.74) is 0.203. The lowest BCUT2D eigenvalue weighted by Gasteiger charge is -2.18. The van der Waals surface area contributed by atoms with E-state index in [4.69, 9.17) is 0 Å². The Kier molecular flexibility index (Phi) is 4.64. The van der Waals surface area contributed by atoms with Crippen LogP contribution in [-0.2, 0) is 9.59 Å². The molecule has 3 rings (SSSR count). The lowest BCUT2D eigenvalue weighted by atomic mass is 10.3. The van der Waals surface area contributed by atoms with Crippen LogP contribution in [0.2, 0.25) is 0 Å². The molecule has 1 aromatic carbocycles. The largest absolute Gasteiger partial charge is 0.352 e. The van der Waals surface area contributed by atoms with Gasteiger partial charge in [0.05, 0.1) is 12.2 Å². The summed E-state index contributed by atoms with van der Waals surface area (Å²) in [6.07, 6.45) is 1.96. The maximum absolute atomic E-state index is 13.8. The van der Waals surface area contributed by atoms with Gasteiger partial charge in [-0.25, -0.2) is 9.18 Å². The molecule has 1 aromatic rings. The van der Waals surface area contributed by atoms with E-state index in [0.29, 0.717) is 13.1 Å². The van der Waals surface area contributed by atoms with Crippen LogP contribution in [0.15, 0.2) is 24.3 Å². The molecule has 0 bridgehead atoms. The number of para-hydroxylation sites is 1. The molecule has 1 saturated carbocycles. The van der Waals surface area contributed by atoms with Crippen LogP contribution in [0, 0.1) is 5.82 Å². The molecule has 2 N–H and O–H groups in total. The highest BCUT2D eigenvalue weighted by Gasteiger charge is 2.32. The van der Waals surface area contributed by atoms with Crippen molar-refractivity contribution in [3.05, 3.63) is 30.1 Å². The topological polar surface area (TPSA) is 81.8 Å². The number of halogens is 1. The van der Waals surface area contributed by atoms with Crippen molar-refractivity contribution in [2.24, 2.45) is 0 Å². The molecule has 0 spiro atoms. The number of anilines is 1. The Morgan fingerprint density at radius 1 is 1.17 bits per heavy atom. The average Bonchev–Trinajstić information content (AvgIpc) is 3.30. The van der Waals surface area contributed by atoms with Crippen LogP contribution in [0.5, 0.6) is 0 Å². The van der Waals surface area contributed by atoms with Crippen molar-refractivity contribution >= 4 is 23.5 Å². The Hall–Kier alpha value is -2.64. The van der Waals surface area contributed by atoms with E-state index in [0.717, 1.165) is 12.8 Å². The van der Waals surface area contributed by atoms with E-state index in [9.17, 15) is 18.8 Å². The van der Waals surface area contributed by atoms with Crippen LogP contribution in [0.1, 0.15) is 12.8 Å². The normalized spacial score (nSPS) is 17.1. The summed E-state index contributed by atoms with van der Waals surface area (Å²) in [7, 11) is 0. The number of urea groups is 1. The molecule has 1 heterocycles. The highest BCUT2D eigenvalue weighted by atomic mass is 19.1. The van der Waals surface area contributed by atoms with Gasteiger partial charge in [-0.1, -0.05) is 12.1 Å². The number of hydrogen-bond donors (Lipinski definition) is 2. The number of rotatable bonds is 6. The van der Waals surface area contributed by atoms with E-state index in [1.165, 1.54) is 21.9 Å².